The number of cyclic esters (lactones) is 1. The van der Waals surface area contributed by atoms with E-state index in [0.29, 0.717) is 22.1 Å². The van der Waals surface area contributed by atoms with Crippen molar-refractivity contribution in [3.63, 3.8) is 0 Å². The van der Waals surface area contributed by atoms with Gasteiger partial charge < -0.3 is 9.84 Å². The number of hydrogen-bond donors (Lipinski definition) is 1. The van der Waals surface area contributed by atoms with Gasteiger partial charge in [-0.2, -0.15) is 4.80 Å². The molecule has 0 aliphatic carbocycles. The molecule has 0 bridgehead atoms. The molecule has 1 fully saturated rings. The fourth-order valence-electron chi connectivity index (χ4n) is 3.81. The van der Waals surface area contributed by atoms with Crippen molar-refractivity contribution in [1.82, 2.24) is 25.2 Å². The Morgan fingerprint density at radius 2 is 1.94 bits per heavy atom. The highest BCUT2D eigenvalue weighted by molar-refractivity contribution is 6.30. The van der Waals surface area contributed by atoms with Gasteiger partial charge in [0.1, 0.15) is 24.4 Å². The van der Waals surface area contributed by atoms with Gasteiger partial charge in [-0.1, -0.05) is 23.7 Å². The summed E-state index contributed by atoms with van der Waals surface area (Å²) in [5, 5.41) is 23.3. The molecule has 2 aromatic heterocycles. The predicted molar refractivity (Wildman–Crippen MR) is 121 cm³/mol. The Labute approximate surface area is 194 Å². The van der Waals surface area contributed by atoms with E-state index >= 15 is 0 Å². The molecule has 1 aliphatic heterocycles. The standard InChI is InChI=1S/C23H19ClN6O3/c1-14-5-6-16(12-25-14)22-26-28-29(27-22)13-20-21(15-3-2-4-19(31)11-15)30(23(32)33-20)18-9-7-17(24)8-10-18/h2-12,20-21,31H,13H2,1H3/t20-,21-/m0/s1. The van der Waals surface area contributed by atoms with Crippen LogP contribution in [-0.2, 0) is 11.3 Å². The zero-order chi connectivity index (χ0) is 22.9. The van der Waals surface area contributed by atoms with E-state index in [4.69, 9.17) is 16.3 Å². The number of pyridine rings is 1. The lowest BCUT2D eigenvalue weighted by Crippen LogP contribution is -2.31. The lowest BCUT2D eigenvalue weighted by molar-refractivity contribution is 0.114. The highest BCUT2D eigenvalue weighted by Gasteiger charge is 2.44. The summed E-state index contributed by atoms with van der Waals surface area (Å²) in [5.74, 6) is 0.518. The van der Waals surface area contributed by atoms with Gasteiger partial charge in [0.2, 0.25) is 5.82 Å². The summed E-state index contributed by atoms with van der Waals surface area (Å²) in [7, 11) is 0. The van der Waals surface area contributed by atoms with E-state index in [1.54, 1.807) is 48.7 Å². The van der Waals surface area contributed by atoms with E-state index < -0.39 is 18.2 Å². The van der Waals surface area contributed by atoms with Gasteiger partial charge in [0.05, 0.1) is 0 Å². The van der Waals surface area contributed by atoms with Crippen LogP contribution in [0.4, 0.5) is 10.5 Å². The lowest BCUT2D eigenvalue weighted by atomic mass is 10.00. The van der Waals surface area contributed by atoms with Crippen LogP contribution >= 0.6 is 11.6 Å². The first-order chi connectivity index (χ1) is 16.0. The Balaban J connectivity index is 1.47. The van der Waals surface area contributed by atoms with E-state index in [0.717, 1.165) is 11.3 Å². The molecule has 166 valence electrons. The van der Waals surface area contributed by atoms with Gasteiger partial charge in [0, 0.05) is 28.2 Å². The minimum Gasteiger partial charge on any atom is -0.508 e. The molecule has 1 amide bonds. The summed E-state index contributed by atoms with van der Waals surface area (Å²) in [5.41, 5.74) is 2.96. The van der Waals surface area contributed by atoms with E-state index in [9.17, 15) is 9.90 Å². The third-order valence-electron chi connectivity index (χ3n) is 5.36. The second-order valence-electron chi connectivity index (χ2n) is 7.66. The molecule has 1 saturated heterocycles. The maximum absolute atomic E-state index is 12.9. The van der Waals surface area contributed by atoms with Crippen molar-refractivity contribution >= 4 is 23.4 Å². The van der Waals surface area contributed by atoms with Gasteiger partial charge in [-0.05, 0) is 66.2 Å². The third-order valence-corrected chi connectivity index (χ3v) is 5.61. The number of aromatic nitrogens is 5. The molecule has 0 spiro atoms. The SMILES string of the molecule is Cc1ccc(-c2nnn(C[C@@H]3OC(=O)N(c4ccc(Cl)cc4)[C@H]3c3cccc(O)c3)n2)cn1. The smallest absolute Gasteiger partial charge is 0.415 e. The molecule has 2 aromatic carbocycles. The average molecular weight is 463 g/mol. The van der Waals surface area contributed by atoms with Crippen LogP contribution in [0.5, 0.6) is 5.75 Å². The second kappa shape index (κ2) is 8.51. The zero-order valence-corrected chi connectivity index (χ0v) is 18.3. The average Bonchev–Trinajstić information content (AvgIpc) is 3.39. The number of carbonyl (C=O) groups excluding carboxylic acids is 1. The summed E-state index contributed by atoms with van der Waals surface area (Å²) in [6.45, 7) is 2.07. The zero-order valence-electron chi connectivity index (χ0n) is 17.5. The number of ether oxygens (including phenoxy) is 1. The number of tetrazole rings is 1. The minimum absolute atomic E-state index is 0.0923. The van der Waals surface area contributed by atoms with E-state index in [1.165, 1.54) is 9.70 Å². The Morgan fingerprint density at radius 3 is 2.67 bits per heavy atom. The summed E-state index contributed by atoms with van der Waals surface area (Å²) < 4.78 is 5.73. The summed E-state index contributed by atoms with van der Waals surface area (Å²) in [6.07, 6.45) is 0.538. The van der Waals surface area contributed by atoms with Crippen LogP contribution < -0.4 is 4.90 Å². The molecule has 3 heterocycles. The summed E-state index contributed by atoms with van der Waals surface area (Å²) >= 11 is 6.03. The normalized spacial score (nSPS) is 17.9. The number of phenols is 1. The number of phenolic OH excluding ortho intramolecular Hbond substituents is 1. The van der Waals surface area contributed by atoms with Crippen molar-refractivity contribution in [2.24, 2.45) is 0 Å². The number of nitrogens with zero attached hydrogens (tertiary/aromatic N) is 6. The van der Waals surface area contributed by atoms with Gasteiger partial charge >= 0.3 is 6.09 Å². The Kier molecular flexibility index (Phi) is 5.39. The first-order valence-corrected chi connectivity index (χ1v) is 10.6. The molecular formula is C23H19ClN6O3. The molecule has 0 saturated carbocycles. The lowest BCUT2D eigenvalue weighted by Gasteiger charge is -2.25. The van der Waals surface area contributed by atoms with Crippen molar-refractivity contribution in [2.45, 2.75) is 25.6 Å². The third kappa shape index (κ3) is 4.22. The number of aromatic hydroxyl groups is 1. The van der Waals surface area contributed by atoms with Crippen molar-refractivity contribution in [3.8, 4) is 17.1 Å². The van der Waals surface area contributed by atoms with Gasteiger partial charge in [-0.3, -0.25) is 9.88 Å². The molecule has 10 heteroatoms. The molecular weight excluding hydrogens is 444 g/mol. The maximum Gasteiger partial charge on any atom is 0.415 e. The maximum atomic E-state index is 12.9. The highest BCUT2D eigenvalue weighted by Crippen LogP contribution is 2.39. The van der Waals surface area contributed by atoms with Crippen LogP contribution in [0.1, 0.15) is 17.3 Å². The molecule has 0 unspecified atom stereocenters. The number of carbonyl (C=O) groups is 1. The fourth-order valence-corrected chi connectivity index (χ4v) is 3.93. The largest absolute Gasteiger partial charge is 0.508 e. The molecule has 1 aliphatic rings. The summed E-state index contributed by atoms with van der Waals surface area (Å²) in [6, 6.07) is 16.9. The van der Waals surface area contributed by atoms with Gasteiger partial charge in [0.15, 0.2) is 0 Å². The monoisotopic (exact) mass is 462 g/mol. The van der Waals surface area contributed by atoms with Crippen molar-refractivity contribution in [2.75, 3.05) is 4.90 Å². The Bertz CT molecular complexity index is 1290. The van der Waals surface area contributed by atoms with Crippen LogP contribution in [-0.4, -0.2) is 42.5 Å². The molecule has 5 rings (SSSR count). The van der Waals surface area contributed by atoms with Gasteiger partial charge in [-0.15, -0.1) is 10.2 Å². The Hall–Kier alpha value is -3.98. The number of amides is 1. The van der Waals surface area contributed by atoms with Gasteiger partial charge in [-0.25, -0.2) is 4.79 Å². The molecule has 33 heavy (non-hydrogen) atoms. The number of hydrogen-bond acceptors (Lipinski definition) is 7. The van der Waals surface area contributed by atoms with Crippen molar-refractivity contribution in [1.29, 1.82) is 0 Å². The first kappa shape index (κ1) is 20.9. The van der Waals surface area contributed by atoms with Gasteiger partial charge in [0.25, 0.3) is 0 Å². The second-order valence-corrected chi connectivity index (χ2v) is 8.10. The van der Waals surface area contributed by atoms with E-state index in [-0.39, 0.29) is 12.3 Å². The number of anilines is 1. The molecule has 1 N–H and O–H groups in total. The molecule has 0 radical (unpaired) electrons. The quantitative estimate of drug-likeness (QED) is 0.474. The molecule has 9 nitrogen and oxygen atoms in total. The van der Waals surface area contributed by atoms with E-state index in [1.807, 2.05) is 25.1 Å². The Morgan fingerprint density at radius 1 is 1.12 bits per heavy atom. The fraction of sp³-hybridized carbons (Fsp3) is 0.174. The van der Waals surface area contributed by atoms with E-state index in [2.05, 4.69) is 20.4 Å². The predicted octanol–water partition coefficient (Wildman–Crippen LogP) is 4.17. The van der Waals surface area contributed by atoms with Crippen LogP contribution in [0.3, 0.4) is 0 Å². The van der Waals surface area contributed by atoms with Crippen molar-refractivity contribution < 1.29 is 14.6 Å². The minimum atomic E-state index is -0.631. The number of rotatable bonds is 5. The topological polar surface area (TPSA) is 106 Å². The first-order valence-electron chi connectivity index (χ1n) is 10.2. The van der Waals surface area contributed by atoms with Crippen LogP contribution in [0, 0.1) is 6.92 Å². The molecule has 4 aromatic rings. The highest BCUT2D eigenvalue weighted by atomic mass is 35.5. The number of aryl methyl sites for hydroxylation is 1. The van der Waals surface area contributed by atoms with Crippen LogP contribution in [0.2, 0.25) is 5.02 Å². The summed E-state index contributed by atoms with van der Waals surface area (Å²) in [4.78, 5) is 20.1. The van der Waals surface area contributed by atoms with Crippen LogP contribution in [0.15, 0.2) is 66.9 Å². The number of benzene rings is 2. The van der Waals surface area contributed by atoms with Crippen LogP contribution in [0.25, 0.3) is 11.4 Å². The molecule has 2 atom stereocenters. The number of halogens is 1. The van der Waals surface area contributed by atoms with Crippen molar-refractivity contribution in [3.05, 3.63) is 83.1 Å².